The summed E-state index contributed by atoms with van der Waals surface area (Å²) < 4.78 is 13.6. The highest BCUT2D eigenvalue weighted by Crippen LogP contribution is 2.36. The number of amides is 3. The molecule has 10 heteroatoms. The van der Waals surface area contributed by atoms with Crippen LogP contribution >= 0.6 is 0 Å². The Bertz CT molecular complexity index is 2080. The normalized spacial score (nSPS) is 18.8. The number of nitrogens with zero attached hydrogens (tertiary/aromatic N) is 5. The molecule has 8 rings (SSSR count). The van der Waals surface area contributed by atoms with Crippen molar-refractivity contribution in [2.75, 3.05) is 51.3 Å². The molecule has 4 heterocycles. The van der Waals surface area contributed by atoms with Gasteiger partial charge in [0.2, 0.25) is 0 Å². The number of carbonyl (C=O) groups is 3. The lowest BCUT2D eigenvalue weighted by Gasteiger charge is -2.38. The Hall–Kier alpha value is -4.93. The minimum atomic E-state index is -0.263. The molecule has 1 aliphatic carbocycles. The van der Waals surface area contributed by atoms with Crippen LogP contribution in [0.3, 0.4) is 0 Å². The molecule has 300 valence electrons. The minimum Gasteiger partial charge on any atom is -0.446 e. The topological polar surface area (TPSA) is 87.6 Å². The molecule has 3 aliphatic heterocycles. The summed E-state index contributed by atoms with van der Waals surface area (Å²) in [5.41, 5.74) is 9.05. The van der Waals surface area contributed by atoms with Gasteiger partial charge in [0.15, 0.2) is 0 Å². The largest absolute Gasteiger partial charge is 0.446 e. The number of aromatic nitrogens is 1. The van der Waals surface area contributed by atoms with Crippen LogP contribution in [0.5, 0.6) is 0 Å². The molecule has 3 aromatic carbocycles. The average molecular weight is 772 g/mol. The van der Waals surface area contributed by atoms with Gasteiger partial charge < -0.3 is 28.7 Å². The Kier molecular flexibility index (Phi) is 11.8. The zero-order valence-corrected chi connectivity index (χ0v) is 33.9. The van der Waals surface area contributed by atoms with Gasteiger partial charge in [-0.25, -0.2) is 4.79 Å². The summed E-state index contributed by atoms with van der Waals surface area (Å²) in [5.74, 6) is -0.125. The van der Waals surface area contributed by atoms with Crippen LogP contribution in [0.4, 0.5) is 10.5 Å². The van der Waals surface area contributed by atoms with Gasteiger partial charge in [-0.15, -0.1) is 0 Å². The van der Waals surface area contributed by atoms with Gasteiger partial charge in [0, 0.05) is 81.1 Å². The third kappa shape index (κ3) is 8.39. The van der Waals surface area contributed by atoms with E-state index < -0.39 is 0 Å². The molecule has 1 saturated heterocycles. The summed E-state index contributed by atoms with van der Waals surface area (Å²) in [5, 5.41) is 0. The summed E-state index contributed by atoms with van der Waals surface area (Å²) in [6, 6.07) is 24.3. The monoisotopic (exact) mass is 771 g/mol. The van der Waals surface area contributed by atoms with Gasteiger partial charge >= 0.3 is 6.09 Å². The van der Waals surface area contributed by atoms with Crippen molar-refractivity contribution in [3.05, 3.63) is 112 Å². The zero-order chi connectivity index (χ0) is 39.5. The van der Waals surface area contributed by atoms with Crippen molar-refractivity contribution in [1.82, 2.24) is 19.3 Å². The maximum Gasteiger partial charge on any atom is 0.410 e. The summed E-state index contributed by atoms with van der Waals surface area (Å²) >= 11 is 0. The van der Waals surface area contributed by atoms with Gasteiger partial charge in [-0.2, -0.15) is 0 Å². The molecule has 0 bridgehead atoms. The number of morpholine rings is 1. The van der Waals surface area contributed by atoms with E-state index in [0.29, 0.717) is 37.2 Å². The van der Waals surface area contributed by atoms with E-state index in [1.165, 1.54) is 17.5 Å². The number of benzene rings is 3. The minimum absolute atomic E-state index is 0.0197. The first-order valence-corrected chi connectivity index (χ1v) is 21.0. The van der Waals surface area contributed by atoms with Gasteiger partial charge in [-0.3, -0.25) is 14.5 Å². The summed E-state index contributed by atoms with van der Waals surface area (Å²) in [7, 11) is 3.78. The molecule has 10 nitrogen and oxygen atoms in total. The molecule has 1 atom stereocenters. The lowest BCUT2D eigenvalue weighted by Crippen LogP contribution is -2.45. The van der Waals surface area contributed by atoms with Crippen molar-refractivity contribution in [3.63, 3.8) is 0 Å². The Balaban J connectivity index is 1.15. The number of carbonyl (C=O) groups excluding carboxylic acids is 3. The first-order valence-electron chi connectivity index (χ1n) is 21.0. The Morgan fingerprint density at radius 3 is 2.33 bits per heavy atom. The number of rotatable bonds is 9. The maximum absolute atomic E-state index is 15.4. The molecule has 2 fully saturated rings. The van der Waals surface area contributed by atoms with Crippen molar-refractivity contribution in [1.29, 1.82) is 0 Å². The fourth-order valence-corrected chi connectivity index (χ4v) is 9.29. The predicted molar refractivity (Wildman–Crippen MR) is 223 cm³/mol. The van der Waals surface area contributed by atoms with Crippen molar-refractivity contribution in [3.8, 4) is 11.3 Å². The van der Waals surface area contributed by atoms with Gasteiger partial charge in [0.1, 0.15) is 6.10 Å². The van der Waals surface area contributed by atoms with Crippen LogP contribution in [0, 0.1) is 6.92 Å². The second-order valence-electron chi connectivity index (χ2n) is 16.4. The van der Waals surface area contributed by atoms with Crippen LogP contribution in [0.25, 0.3) is 11.3 Å². The Morgan fingerprint density at radius 1 is 0.825 bits per heavy atom. The van der Waals surface area contributed by atoms with E-state index in [4.69, 9.17) is 9.47 Å². The Labute approximate surface area is 337 Å². The number of ether oxygens (including phenoxy) is 2. The second kappa shape index (κ2) is 17.3. The molecule has 0 radical (unpaired) electrons. The van der Waals surface area contributed by atoms with Crippen molar-refractivity contribution in [2.45, 2.75) is 89.9 Å². The van der Waals surface area contributed by atoms with E-state index in [0.717, 1.165) is 112 Å². The van der Waals surface area contributed by atoms with Crippen molar-refractivity contribution in [2.24, 2.45) is 7.05 Å². The molecule has 0 spiro atoms. The quantitative estimate of drug-likeness (QED) is 0.173. The van der Waals surface area contributed by atoms with Crippen LogP contribution in [0.1, 0.15) is 93.6 Å². The molecule has 57 heavy (non-hydrogen) atoms. The highest BCUT2D eigenvalue weighted by atomic mass is 16.6. The summed E-state index contributed by atoms with van der Waals surface area (Å²) in [6.07, 6.45) is 8.30. The first kappa shape index (κ1) is 38.9. The molecule has 4 aliphatic rings. The fourth-order valence-electron chi connectivity index (χ4n) is 9.29. The maximum atomic E-state index is 15.4. The highest BCUT2D eigenvalue weighted by Gasteiger charge is 2.34. The number of anilines is 1. The number of hydrogen-bond acceptors (Lipinski definition) is 6. The zero-order valence-electron chi connectivity index (χ0n) is 33.9. The highest BCUT2D eigenvalue weighted by molar-refractivity contribution is 6.08. The fraction of sp³-hybridized carbons (Fsp3) is 0.468. The van der Waals surface area contributed by atoms with E-state index in [-0.39, 0.29) is 30.1 Å². The van der Waals surface area contributed by atoms with E-state index in [1.54, 1.807) is 16.8 Å². The first-order chi connectivity index (χ1) is 27.7. The lowest BCUT2D eigenvalue weighted by molar-refractivity contribution is 0.0353. The van der Waals surface area contributed by atoms with Gasteiger partial charge in [0.25, 0.3) is 11.8 Å². The van der Waals surface area contributed by atoms with Crippen LogP contribution < -0.4 is 4.90 Å². The molecular weight excluding hydrogens is 715 g/mol. The summed E-state index contributed by atoms with van der Waals surface area (Å²) in [6.45, 7) is 7.87. The molecule has 1 aromatic heterocycles. The van der Waals surface area contributed by atoms with Crippen LogP contribution in [0.2, 0.25) is 0 Å². The number of hydrogen-bond donors (Lipinski definition) is 0. The molecule has 3 amide bonds. The molecular formula is C47H57N5O5. The predicted octanol–water partition coefficient (Wildman–Crippen LogP) is 7.78. The molecule has 4 aromatic rings. The lowest BCUT2D eigenvalue weighted by atomic mass is 9.88. The van der Waals surface area contributed by atoms with E-state index >= 15 is 4.79 Å². The van der Waals surface area contributed by atoms with Gasteiger partial charge in [-0.05, 0) is 117 Å². The van der Waals surface area contributed by atoms with Gasteiger partial charge in [-0.1, -0.05) is 48.9 Å². The Morgan fingerprint density at radius 2 is 1.56 bits per heavy atom. The van der Waals surface area contributed by atoms with Crippen LogP contribution in [0.15, 0.2) is 72.8 Å². The average Bonchev–Trinajstić information content (AvgIpc) is 3.55. The molecule has 0 N–H and O–H groups in total. The SMILES string of the molecule is Cc1c(C(=O)N(C)c2ccccc2)cc(-c2cc3c(cc2C(=O)N2Cc4ccccc4C[C@H]2CCCN2CCOCC2)CN(C(=O)OC2CCCCC2)CC3)n1C. The molecule has 1 saturated carbocycles. The van der Waals surface area contributed by atoms with E-state index in [9.17, 15) is 9.59 Å². The summed E-state index contributed by atoms with van der Waals surface area (Å²) in [4.78, 5) is 51.0. The smallest absolute Gasteiger partial charge is 0.410 e. The van der Waals surface area contributed by atoms with Crippen molar-refractivity contribution >= 4 is 23.6 Å². The number of para-hydroxylation sites is 1. The van der Waals surface area contributed by atoms with E-state index in [2.05, 4.69) is 40.1 Å². The van der Waals surface area contributed by atoms with Gasteiger partial charge in [0.05, 0.1) is 18.8 Å². The third-order valence-electron chi connectivity index (χ3n) is 12.9. The third-order valence-corrected chi connectivity index (χ3v) is 12.9. The van der Waals surface area contributed by atoms with E-state index in [1.807, 2.05) is 61.0 Å². The second-order valence-corrected chi connectivity index (χ2v) is 16.4. The van der Waals surface area contributed by atoms with Crippen LogP contribution in [-0.4, -0.2) is 95.8 Å². The van der Waals surface area contributed by atoms with Crippen LogP contribution in [-0.2, 0) is 42.5 Å². The molecule has 0 unspecified atom stereocenters. The van der Waals surface area contributed by atoms with Crippen molar-refractivity contribution < 1.29 is 23.9 Å². The standard InChI is InChI=1S/C47H57N5O5/c1-33-41(45(53)49(3)38-15-6-4-7-16-38)30-44(48(33)2)42-28-35-20-22-51(47(55)57-40-18-8-5-9-19-40)31-37(35)29-43(42)46(54)52-32-36-14-11-10-13-34(36)27-39(52)17-12-21-50-23-25-56-26-24-50/h4,6-7,10-11,13-16,28-30,39-40H,5,8-9,12,17-27,31-32H2,1-3H3/t39-/m1/s1. The number of fused-ring (bicyclic) bond motifs is 2.